The summed E-state index contributed by atoms with van der Waals surface area (Å²) in [6, 6.07) is 15.1. The third-order valence-electron chi connectivity index (χ3n) is 6.78. The van der Waals surface area contributed by atoms with Gasteiger partial charge < -0.3 is 15.4 Å². The number of benzene rings is 2. The van der Waals surface area contributed by atoms with Gasteiger partial charge in [-0.05, 0) is 79.5 Å². The van der Waals surface area contributed by atoms with Crippen molar-refractivity contribution in [3.63, 3.8) is 0 Å². The summed E-state index contributed by atoms with van der Waals surface area (Å²) in [4.78, 5) is 18.2. The largest absolute Gasteiger partial charge is 0.383 e. The monoisotopic (exact) mass is 415 g/mol. The topological polar surface area (TPSA) is 68.5 Å². The molecule has 2 unspecified atom stereocenters. The highest BCUT2D eigenvalue weighted by Gasteiger charge is 2.27. The molecule has 2 aromatic carbocycles. The fraction of sp³-hybridized carbons (Fsp3) is 0.385. The van der Waals surface area contributed by atoms with E-state index in [2.05, 4.69) is 54.4 Å². The van der Waals surface area contributed by atoms with Crippen molar-refractivity contribution in [3.8, 4) is 11.1 Å². The van der Waals surface area contributed by atoms with Crippen molar-refractivity contribution in [1.82, 2.24) is 9.88 Å². The molecule has 5 rings (SSSR count). The number of ether oxygens (including phenoxy) is 1. The van der Waals surface area contributed by atoms with Gasteiger partial charge in [0.25, 0.3) is 0 Å². The number of hydrogen-bond acceptors (Lipinski definition) is 4. The van der Waals surface area contributed by atoms with Gasteiger partial charge in [0.1, 0.15) is 5.82 Å². The molecule has 5 heteroatoms. The van der Waals surface area contributed by atoms with Gasteiger partial charge in [0.2, 0.25) is 6.41 Å². The molecule has 160 valence electrons. The lowest BCUT2D eigenvalue weighted by Crippen LogP contribution is -2.21. The second-order valence-electron chi connectivity index (χ2n) is 8.77. The number of anilines is 1. The van der Waals surface area contributed by atoms with Gasteiger partial charge in [0.05, 0.1) is 17.7 Å². The molecule has 2 N–H and O–H groups in total. The average Bonchev–Trinajstić information content (AvgIpc) is 3.27. The second kappa shape index (κ2) is 8.31. The first kappa shape index (κ1) is 20.0. The lowest BCUT2D eigenvalue weighted by Gasteiger charge is -2.25. The Balaban J connectivity index is 1.61. The molecule has 2 fully saturated rings. The molecule has 0 spiro atoms. The minimum atomic E-state index is 0.0305. The summed E-state index contributed by atoms with van der Waals surface area (Å²) in [6.45, 7) is 3.75. The molecule has 2 aliphatic heterocycles. The lowest BCUT2D eigenvalue weighted by molar-refractivity contribution is -0.118. The normalized spacial score (nSPS) is 21.5. The first-order valence-electron chi connectivity index (χ1n) is 11.3. The summed E-state index contributed by atoms with van der Waals surface area (Å²) in [5.41, 5.74) is 13.0. The summed E-state index contributed by atoms with van der Waals surface area (Å²) < 4.78 is 5.98. The van der Waals surface area contributed by atoms with E-state index in [4.69, 9.17) is 10.5 Å². The predicted molar refractivity (Wildman–Crippen MR) is 124 cm³/mol. The summed E-state index contributed by atoms with van der Waals surface area (Å²) in [5, 5.41) is 1.07. The third-order valence-corrected chi connectivity index (χ3v) is 6.78. The number of nitrogens with zero attached hydrogens (tertiary/aromatic N) is 2. The van der Waals surface area contributed by atoms with Crippen LogP contribution in [0.15, 0.2) is 42.5 Å². The minimum absolute atomic E-state index is 0.0305. The maximum absolute atomic E-state index is 11.6. The molecule has 5 nitrogen and oxygen atoms in total. The number of nitrogen functional groups attached to an aromatic ring is 1. The maximum Gasteiger partial charge on any atom is 0.210 e. The number of aryl methyl sites for hydroxylation is 1. The summed E-state index contributed by atoms with van der Waals surface area (Å²) in [7, 11) is 0. The molecule has 3 aromatic rings. The Hall–Kier alpha value is -2.92. The van der Waals surface area contributed by atoms with Crippen LogP contribution in [0.25, 0.3) is 22.0 Å². The van der Waals surface area contributed by atoms with E-state index in [1.54, 1.807) is 0 Å². The molecule has 2 saturated heterocycles. The van der Waals surface area contributed by atoms with E-state index in [1.807, 2.05) is 4.90 Å². The molecule has 0 saturated carbocycles. The Bertz CT molecular complexity index is 1120. The van der Waals surface area contributed by atoms with Crippen LogP contribution in [0.5, 0.6) is 0 Å². The zero-order valence-electron chi connectivity index (χ0n) is 18.0. The highest BCUT2D eigenvalue weighted by Crippen LogP contribution is 2.40. The Labute approximate surface area is 183 Å². The smallest absolute Gasteiger partial charge is 0.210 e. The molecule has 2 atom stereocenters. The van der Waals surface area contributed by atoms with Crippen LogP contribution in [-0.4, -0.2) is 29.4 Å². The number of rotatable bonds is 4. The van der Waals surface area contributed by atoms with E-state index < -0.39 is 0 Å². The number of nitrogens with two attached hydrogens (primary N) is 1. The van der Waals surface area contributed by atoms with E-state index in [0.29, 0.717) is 5.82 Å². The summed E-state index contributed by atoms with van der Waals surface area (Å²) in [5.74, 6) is 0.566. The van der Waals surface area contributed by atoms with E-state index in [-0.39, 0.29) is 12.1 Å². The molecule has 0 aliphatic carbocycles. The number of fused-ring (bicyclic) bond motifs is 1. The number of likely N-dealkylation sites (tertiary alicyclic amines) is 1. The van der Waals surface area contributed by atoms with Gasteiger partial charge in [0, 0.05) is 24.1 Å². The Morgan fingerprint density at radius 1 is 1.10 bits per heavy atom. The molecule has 2 aliphatic rings. The molecule has 1 aromatic heterocycles. The molecule has 0 bridgehead atoms. The van der Waals surface area contributed by atoms with Gasteiger partial charge in [-0.1, -0.05) is 24.3 Å². The Morgan fingerprint density at radius 2 is 2.00 bits per heavy atom. The fourth-order valence-corrected chi connectivity index (χ4v) is 5.22. The number of amides is 1. The maximum atomic E-state index is 11.6. The number of carbonyl (C=O) groups excluding carboxylic acids is 1. The molecular formula is C26H29N3O2. The first-order valence-corrected chi connectivity index (χ1v) is 11.3. The van der Waals surface area contributed by atoms with Crippen molar-refractivity contribution < 1.29 is 9.53 Å². The van der Waals surface area contributed by atoms with Gasteiger partial charge in [-0.25, -0.2) is 4.98 Å². The van der Waals surface area contributed by atoms with E-state index in [0.717, 1.165) is 73.7 Å². The number of carbonyl (C=O) groups is 1. The van der Waals surface area contributed by atoms with Crippen LogP contribution in [-0.2, 0) is 9.53 Å². The number of hydrogen-bond donors (Lipinski definition) is 1. The van der Waals surface area contributed by atoms with Gasteiger partial charge >= 0.3 is 0 Å². The number of aromatic nitrogens is 1. The van der Waals surface area contributed by atoms with Crippen LogP contribution in [0.2, 0.25) is 0 Å². The Morgan fingerprint density at radius 3 is 2.81 bits per heavy atom. The standard InChI is InChI=1S/C26H29N3O2/c1-17-6-4-7-20(23-8-5-12-29(23)16-30)25(17)18-10-11-22-19(14-18)15-21(26(27)28-22)24-9-2-3-13-31-24/h4,6-7,10-11,14-16,23-24H,2-3,5,8-9,12-13H2,1H3,(H2,27,28). The number of pyridine rings is 1. The van der Waals surface area contributed by atoms with Crippen molar-refractivity contribution in [1.29, 1.82) is 0 Å². The van der Waals surface area contributed by atoms with Gasteiger partial charge in [-0.2, -0.15) is 0 Å². The van der Waals surface area contributed by atoms with Crippen molar-refractivity contribution in [2.75, 3.05) is 18.9 Å². The molecule has 31 heavy (non-hydrogen) atoms. The van der Waals surface area contributed by atoms with E-state index >= 15 is 0 Å². The quantitative estimate of drug-likeness (QED) is 0.585. The van der Waals surface area contributed by atoms with Crippen molar-refractivity contribution in [3.05, 3.63) is 59.2 Å². The van der Waals surface area contributed by atoms with Crippen LogP contribution >= 0.6 is 0 Å². The van der Waals surface area contributed by atoms with Crippen molar-refractivity contribution in [2.45, 2.75) is 51.2 Å². The van der Waals surface area contributed by atoms with E-state index in [9.17, 15) is 4.79 Å². The molecule has 3 heterocycles. The Kier molecular flexibility index (Phi) is 5.36. The van der Waals surface area contributed by atoms with Crippen molar-refractivity contribution >= 4 is 23.1 Å². The summed E-state index contributed by atoms with van der Waals surface area (Å²) in [6.07, 6.45) is 6.32. The van der Waals surface area contributed by atoms with Gasteiger partial charge in [-0.15, -0.1) is 0 Å². The van der Waals surface area contributed by atoms with Crippen LogP contribution in [0.3, 0.4) is 0 Å². The third kappa shape index (κ3) is 3.68. The van der Waals surface area contributed by atoms with Crippen LogP contribution in [0.1, 0.15) is 60.9 Å². The average molecular weight is 416 g/mol. The molecule has 1 amide bonds. The zero-order valence-corrected chi connectivity index (χ0v) is 18.0. The molecule has 0 radical (unpaired) electrons. The van der Waals surface area contributed by atoms with Crippen molar-refractivity contribution in [2.24, 2.45) is 0 Å². The highest BCUT2D eigenvalue weighted by molar-refractivity contribution is 5.88. The SMILES string of the molecule is Cc1cccc(C2CCCN2C=O)c1-c1ccc2nc(N)c(C3CCCCO3)cc2c1. The van der Waals surface area contributed by atoms with E-state index in [1.165, 1.54) is 16.7 Å². The van der Waals surface area contributed by atoms with Gasteiger partial charge in [0.15, 0.2) is 0 Å². The lowest BCUT2D eigenvalue weighted by atomic mass is 9.89. The highest BCUT2D eigenvalue weighted by atomic mass is 16.5. The van der Waals surface area contributed by atoms with Crippen LogP contribution in [0, 0.1) is 6.92 Å². The fourth-order valence-electron chi connectivity index (χ4n) is 5.22. The zero-order chi connectivity index (χ0) is 21.4. The van der Waals surface area contributed by atoms with Gasteiger partial charge in [-0.3, -0.25) is 4.79 Å². The second-order valence-corrected chi connectivity index (χ2v) is 8.77. The minimum Gasteiger partial charge on any atom is -0.383 e. The van der Waals surface area contributed by atoms with Crippen LogP contribution in [0.4, 0.5) is 5.82 Å². The first-order chi connectivity index (χ1) is 15.2. The summed E-state index contributed by atoms with van der Waals surface area (Å²) >= 11 is 0. The van der Waals surface area contributed by atoms with Crippen LogP contribution < -0.4 is 5.73 Å². The molecular weight excluding hydrogens is 386 g/mol. The predicted octanol–water partition coefficient (Wildman–Crippen LogP) is 5.33.